The van der Waals surface area contributed by atoms with Crippen LogP contribution < -0.4 is 5.32 Å². The van der Waals surface area contributed by atoms with Crippen LogP contribution in [0.5, 0.6) is 0 Å². The van der Waals surface area contributed by atoms with Crippen LogP contribution in [0, 0.1) is 0 Å². The van der Waals surface area contributed by atoms with E-state index in [9.17, 15) is 9.59 Å². The molecule has 1 saturated heterocycles. The number of hydrogen-bond donors (Lipinski definition) is 1. The van der Waals surface area contributed by atoms with Crippen LogP contribution in [0.15, 0.2) is 18.3 Å². The molecule has 0 spiro atoms. The molecule has 0 aromatic carbocycles. The summed E-state index contributed by atoms with van der Waals surface area (Å²) >= 11 is 0. The summed E-state index contributed by atoms with van der Waals surface area (Å²) in [5, 5.41) is 2.58. The number of carbonyl (C=O) groups excluding carboxylic acids is 2. The van der Waals surface area contributed by atoms with E-state index in [-0.39, 0.29) is 12.5 Å². The zero-order valence-corrected chi connectivity index (χ0v) is 12.0. The molecule has 0 unspecified atom stereocenters. The highest BCUT2D eigenvalue weighted by Gasteiger charge is 2.18. The van der Waals surface area contributed by atoms with Crippen LogP contribution >= 0.6 is 0 Å². The zero-order chi connectivity index (χ0) is 15.1. The first-order valence-corrected chi connectivity index (χ1v) is 6.93. The molecular weight excluding hydrogens is 274 g/mol. The average Bonchev–Trinajstić information content (AvgIpc) is 2.54. The van der Waals surface area contributed by atoms with Crippen LogP contribution in [0.1, 0.15) is 23.0 Å². The van der Waals surface area contributed by atoms with Gasteiger partial charge in [0.2, 0.25) is 0 Å². The van der Waals surface area contributed by atoms with Gasteiger partial charge in [0.15, 0.2) is 0 Å². The molecule has 0 bridgehead atoms. The summed E-state index contributed by atoms with van der Waals surface area (Å²) in [7, 11) is 0. The molecule has 1 aromatic heterocycles. The second kappa shape index (κ2) is 7.58. The minimum Gasteiger partial charge on any atom is -0.450 e. The summed E-state index contributed by atoms with van der Waals surface area (Å²) < 4.78 is 10.00. The molecule has 1 N–H and O–H groups in total. The highest BCUT2D eigenvalue weighted by atomic mass is 16.5. The van der Waals surface area contributed by atoms with Crippen LogP contribution in [0.3, 0.4) is 0 Å². The standard InChI is InChI=1S/C14H19N3O4/c1-2-21-14(19)16-10-12-9-11(3-4-15-12)13(18)17-5-7-20-8-6-17/h3-4,9H,2,5-8,10H2,1H3,(H,16,19). The second-order valence-corrected chi connectivity index (χ2v) is 4.51. The Morgan fingerprint density at radius 2 is 2.19 bits per heavy atom. The molecule has 2 rings (SSSR count). The van der Waals surface area contributed by atoms with E-state index in [0.717, 1.165) is 0 Å². The van der Waals surface area contributed by atoms with E-state index in [2.05, 4.69) is 10.3 Å². The van der Waals surface area contributed by atoms with Gasteiger partial charge in [-0.1, -0.05) is 0 Å². The average molecular weight is 293 g/mol. The van der Waals surface area contributed by atoms with E-state index < -0.39 is 6.09 Å². The van der Waals surface area contributed by atoms with E-state index in [1.165, 1.54) is 0 Å². The van der Waals surface area contributed by atoms with Gasteiger partial charge in [-0.2, -0.15) is 0 Å². The van der Waals surface area contributed by atoms with Crippen molar-refractivity contribution < 1.29 is 19.1 Å². The number of pyridine rings is 1. The summed E-state index contributed by atoms with van der Waals surface area (Å²) in [6, 6.07) is 3.36. The Hall–Kier alpha value is -2.15. The number of aromatic nitrogens is 1. The zero-order valence-electron chi connectivity index (χ0n) is 12.0. The molecule has 1 fully saturated rings. The number of alkyl carbamates (subject to hydrolysis) is 1. The fraction of sp³-hybridized carbons (Fsp3) is 0.500. The summed E-state index contributed by atoms with van der Waals surface area (Å²) in [5.41, 5.74) is 1.18. The number of carbonyl (C=O) groups is 2. The lowest BCUT2D eigenvalue weighted by Crippen LogP contribution is -2.40. The van der Waals surface area contributed by atoms with Gasteiger partial charge >= 0.3 is 6.09 Å². The van der Waals surface area contributed by atoms with Crippen molar-refractivity contribution in [3.8, 4) is 0 Å². The number of nitrogens with zero attached hydrogens (tertiary/aromatic N) is 2. The summed E-state index contributed by atoms with van der Waals surface area (Å²) in [4.78, 5) is 29.4. The van der Waals surface area contributed by atoms with E-state index in [0.29, 0.717) is 44.2 Å². The third kappa shape index (κ3) is 4.42. The highest BCUT2D eigenvalue weighted by Crippen LogP contribution is 2.08. The van der Waals surface area contributed by atoms with E-state index in [1.807, 2.05) is 0 Å². The van der Waals surface area contributed by atoms with Gasteiger partial charge in [-0.25, -0.2) is 4.79 Å². The number of ether oxygens (including phenoxy) is 2. The van der Waals surface area contributed by atoms with Gasteiger partial charge < -0.3 is 19.7 Å². The number of rotatable bonds is 4. The van der Waals surface area contributed by atoms with E-state index in [1.54, 1.807) is 30.2 Å². The summed E-state index contributed by atoms with van der Waals surface area (Å²) in [5.74, 6) is -0.0434. The van der Waals surface area contributed by atoms with Gasteiger partial charge in [0.1, 0.15) is 0 Å². The third-order valence-electron chi connectivity index (χ3n) is 3.05. The SMILES string of the molecule is CCOC(=O)NCc1cc(C(=O)N2CCOCC2)ccn1. The predicted molar refractivity (Wildman–Crippen MR) is 74.8 cm³/mol. The van der Waals surface area contributed by atoms with Crippen LogP contribution in [0.2, 0.25) is 0 Å². The van der Waals surface area contributed by atoms with Gasteiger partial charge in [0.05, 0.1) is 32.1 Å². The molecule has 0 atom stereocenters. The van der Waals surface area contributed by atoms with Crippen LogP contribution in [0.4, 0.5) is 4.79 Å². The number of hydrogen-bond acceptors (Lipinski definition) is 5. The normalized spacial score (nSPS) is 14.6. The van der Waals surface area contributed by atoms with Crippen molar-refractivity contribution >= 4 is 12.0 Å². The number of amides is 2. The Morgan fingerprint density at radius 3 is 2.90 bits per heavy atom. The first kappa shape index (κ1) is 15.2. The predicted octanol–water partition coefficient (Wildman–Crippen LogP) is 0.800. The monoisotopic (exact) mass is 293 g/mol. The molecule has 7 heteroatoms. The molecular formula is C14H19N3O4. The topological polar surface area (TPSA) is 80.8 Å². The molecule has 1 aromatic rings. The molecule has 2 amide bonds. The quantitative estimate of drug-likeness (QED) is 0.888. The van der Waals surface area contributed by atoms with Gasteiger partial charge in [-0.05, 0) is 19.1 Å². The maximum absolute atomic E-state index is 12.3. The molecule has 1 aliphatic heterocycles. The fourth-order valence-corrected chi connectivity index (χ4v) is 2.00. The van der Waals surface area contributed by atoms with Crippen molar-refractivity contribution in [1.82, 2.24) is 15.2 Å². The second-order valence-electron chi connectivity index (χ2n) is 4.51. The highest BCUT2D eigenvalue weighted by molar-refractivity contribution is 5.94. The Kier molecular flexibility index (Phi) is 5.51. The smallest absolute Gasteiger partial charge is 0.407 e. The van der Waals surface area contributed by atoms with Gasteiger partial charge in [-0.3, -0.25) is 9.78 Å². The van der Waals surface area contributed by atoms with E-state index >= 15 is 0 Å². The first-order chi connectivity index (χ1) is 10.2. The third-order valence-corrected chi connectivity index (χ3v) is 3.05. The summed E-state index contributed by atoms with van der Waals surface area (Å²) in [6.45, 7) is 4.59. The Balaban J connectivity index is 1.96. The minimum absolute atomic E-state index is 0.0434. The Morgan fingerprint density at radius 1 is 1.43 bits per heavy atom. The molecule has 21 heavy (non-hydrogen) atoms. The van der Waals surface area contributed by atoms with Crippen molar-refractivity contribution in [3.63, 3.8) is 0 Å². The van der Waals surface area contributed by atoms with Crippen molar-refractivity contribution in [2.75, 3.05) is 32.9 Å². The molecule has 0 saturated carbocycles. The van der Waals surface area contributed by atoms with Crippen molar-refractivity contribution in [1.29, 1.82) is 0 Å². The van der Waals surface area contributed by atoms with Crippen molar-refractivity contribution in [3.05, 3.63) is 29.6 Å². The molecule has 7 nitrogen and oxygen atoms in total. The molecule has 2 heterocycles. The van der Waals surface area contributed by atoms with Gasteiger partial charge in [-0.15, -0.1) is 0 Å². The van der Waals surface area contributed by atoms with Crippen LogP contribution in [0.25, 0.3) is 0 Å². The Labute approximate surface area is 123 Å². The molecule has 0 radical (unpaired) electrons. The van der Waals surface area contributed by atoms with E-state index in [4.69, 9.17) is 9.47 Å². The summed E-state index contributed by atoms with van der Waals surface area (Å²) in [6.07, 6.45) is 1.07. The molecule has 0 aliphatic carbocycles. The lowest BCUT2D eigenvalue weighted by atomic mass is 10.2. The number of morpholine rings is 1. The lowest BCUT2D eigenvalue weighted by molar-refractivity contribution is 0.0302. The van der Waals surface area contributed by atoms with Crippen molar-refractivity contribution in [2.45, 2.75) is 13.5 Å². The van der Waals surface area contributed by atoms with Gasteiger partial charge in [0, 0.05) is 24.8 Å². The number of nitrogens with one attached hydrogen (secondary N) is 1. The minimum atomic E-state index is -0.496. The Bertz CT molecular complexity index is 501. The van der Waals surface area contributed by atoms with Gasteiger partial charge in [0.25, 0.3) is 5.91 Å². The van der Waals surface area contributed by atoms with Crippen LogP contribution in [-0.4, -0.2) is 54.8 Å². The first-order valence-electron chi connectivity index (χ1n) is 6.93. The molecule has 114 valence electrons. The van der Waals surface area contributed by atoms with Crippen molar-refractivity contribution in [2.24, 2.45) is 0 Å². The lowest BCUT2D eigenvalue weighted by Gasteiger charge is -2.26. The maximum atomic E-state index is 12.3. The molecule has 1 aliphatic rings. The fourth-order valence-electron chi connectivity index (χ4n) is 2.00. The maximum Gasteiger partial charge on any atom is 0.407 e. The van der Waals surface area contributed by atoms with Crippen LogP contribution in [-0.2, 0) is 16.0 Å². The largest absolute Gasteiger partial charge is 0.450 e.